The Bertz CT molecular complexity index is 674. The van der Waals surface area contributed by atoms with Crippen LogP contribution in [0.2, 0.25) is 5.02 Å². The smallest absolute Gasteiger partial charge is 0.269 e. The molecule has 0 unspecified atom stereocenters. The number of ether oxygens (including phenoxy) is 1. The van der Waals surface area contributed by atoms with Crippen LogP contribution in [0.15, 0.2) is 36.4 Å². The fourth-order valence-electron chi connectivity index (χ4n) is 1.94. The number of nitro benzene ring substituents is 1. The summed E-state index contributed by atoms with van der Waals surface area (Å²) in [5.74, 6) is 0.552. The molecule has 0 fully saturated rings. The highest BCUT2D eigenvalue weighted by Crippen LogP contribution is 2.28. The molecule has 0 heterocycles. The third-order valence-electron chi connectivity index (χ3n) is 3.04. The van der Waals surface area contributed by atoms with Crippen LogP contribution >= 0.6 is 11.6 Å². The highest BCUT2D eigenvalue weighted by molar-refractivity contribution is 6.32. The maximum absolute atomic E-state index is 10.8. The maximum Gasteiger partial charge on any atom is 0.269 e. The molecule has 5 nitrogen and oxygen atoms in total. The van der Waals surface area contributed by atoms with Gasteiger partial charge >= 0.3 is 0 Å². The van der Waals surface area contributed by atoms with Crippen LogP contribution in [0.1, 0.15) is 11.1 Å². The Morgan fingerprint density at radius 1 is 1.29 bits per heavy atom. The van der Waals surface area contributed by atoms with Crippen molar-refractivity contribution in [3.8, 4) is 5.75 Å². The number of aryl methyl sites for hydroxylation is 1. The molecule has 0 aliphatic carbocycles. The fourth-order valence-corrected chi connectivity index (χ4v) is 2.23. The predicted octanol–water partition coefficient (Wildman–Crippen LogP) is 4.18. The molecular weight excluding hydrogens is 292 g/mol. The molecular formula is C15H15ClN2O3. The van der Waals surface area contributed by atoms with Crippen LogP contribution in [0.25, 0.3) is 0 Å². The molecule has 6 heteroatoms. The van der Waals surface area contributed by atoms with Gasteiger partial charge < -0.3 is 10.1 Å². The highest BCUT2D eigenvalue weighted by Gasteiger charge is 2.11. The normalized spacial score (nSPS) is 10.2. The molecule has 21 heavy (non-hydrogen) atoms. The van der Waals surface area contributed by atoms with E-state index in [0.717, 1.165) is 11.3 Å². The second-order valence-electron chi connectivity index (χ2n) is 4.57. The summed E-state index contributed by atoms with van der Waals surface area (Å²) < 4.78 is 5.66. The molecule has 0 aliphatic heterocycles. The van der Waals surface area contributed by atoms with E-state index >= 15 is 0 Å². The summed E-state index contributed by atoms with van der Waals surface area (Å²) in [4.78, 5) is 10.4. The zero-order chi connectivity index (χ0) is 15.4. The van der Waals surface area contributed by atoms with Crippen molar-refractivity contribution >= 4 is 23.0 Å². The monoisotopic (exact) mass is 306 g/mol. The zero-order valence-corrected chi connectivity index (χ0v) is 12.5. The van der Waals surface area contributed by atoms with Crippen LogP contribution in [0.4, 0.5) is 11.4 Å². The third kappa shape index (κ3) is 3.64. The van der Waals surface area contributed by atoms with E-state index in [2.05, 4.69) is 5.32 Å². The van der Waals surface area contributed by atoms with Gasteiger partial charge in [-0.3, -0.25) is 10.1 Å². The van der Waals surface area contributed by atoms with Gasteiger partial charge in [-0.2, -0.15) is 0 Å². The number of halogens is 1. The topological polar surface area (TPSA) is 64.4 Å². The summed E-state index contributed by atoms with van der Waals surface area (Å²) in [7, 11) is 1.75. The largest absolute Gasteiger partial charge is 0.487 e. The molecule has 0 aromatic heterocycles. The highest BCUT2D eigenvalue weighted by atomic mass is 35.5. The van der Waals surface area contributed by atoms with Gasteiger partial charge in [0.25, 0.3) is 5.69 Å². The first-order valence-electron chi connectivity index (χ1n) is 6.35. The Labute approximate surface area is 127 Å². The van der Waals surface area contributed by atoms with Crippen molar-refractivity contribution < 1.29 is 9.66 Å². The van der Waals surface area contributed by atoms with E-state index in [1.54, 1.807) is 19.2 Å². The van der Waals surface area contributed by atoms with Crippen molar-refractivity contribution in [2.75, 3.05) is 12.4 Å². The SMILES string of the molecule is CNc1ccc([N+](=O)[O-])cc1COc1ccc(C)cc1Cl. The second kappa shape index (κ2) is 6.45. The van der Waals surface area contributed by atoms with Crippen molar-refractivity contribution in [1.29, 1.82) is 0 Å². The number of hydrogen-bond acceptors (Lipinski definition) is 4. The van der Waals surface area contributed by atoms with Crippen LogP contribution in [0.5, 0.6) is 5.75 Å². The number of anilines is 1. The summed E-state index contributed by atoms with van der Waals surface area (Å²) in [6.45, 7) is 2.13. The van der Waals surface area contributed by atoms with E-state index < -0.39 is 4.92 Å². The number of rotatable bonds is 5. The molecule has 0 radical (unpaired) electrons. The molecule has 0 saturated heterocycles. The van der Waals surface area contributed by atoms with Gasteiger partial charge in [0.2, 0.25) is 0 Å². The quantitative estimate of drug-likeness (QED) is 0.665. The minimum atomic E-state index is -0.429. The average molecular weight is 307 g/mol. The van der Waals surface area contributed by atoms with Gasteiger partial charge in [-0.15, -0.1) is 0 Å². The molecule has 0 saturated carbocycles. The van der Waals surface area contributed by atoms with Crippen molar-refractivity contribution in [3.05, 3.63) is 62.7 Å². The lowest BCUT2D eigenvalue weighted by atomic mass is 10.1. The van der Waals surface area contributed by atoms with E-state index in [-0.39, 0.29) is 12.3 Å². The number of nitrogens with one attached hydrogen (secondary N) is 1. The van der Waals surface area contributed by atoms with Gasteiger partial charge in [0.1, 0.15) is 12.4 Å². The van der Waals surface area contributed by atoms with E-state index in [9.17, 15) is 10.1 Å². The zero-order valence-electron chi connectivity index (χ0n) is 11.7. The van der Waals surface area contributed by atoms with E-state index in [1.165, 1.54) is 12.1 Å². The van der Waals surface area contributed by atoms with Crippen LogP contribution in [-0.4, -0.2) is 12.0 Å². The number of nitro groups is 1. The standard InChI is InChI=1S/C15H15ClN2O3/c1-10-3-6-15(13(16)7-10)21-9-11-8-12(18(19)20)4-5-14(11)17-2/h3-8,17H,9H2,1-2H3. The van der Waals surface area contributed by atoms with E-state index in [4.69, 9.17) is 16.3 Å². The van der Waals surface area contributed by atoms with Gasteiger partial charge in [-0.05, 0) is 30.7 Å². The molecule has 2 aromatic rings. The Morgan fingerprint density at radius 2 is 2.05 bits per heavy atom. The van der Waals surface area contributed by atoms with E-state index in [1.807, 2.05) is 19.1 Å². The lowest BCUT2D eigenvalue weighted by molar-refractivity contribution is -0.384. The fraction of sp³-hybridized carbons (Fsp3) is 0.200. The Morgan fingerprint density at radius 3 is 2.67 bits per heavy atom. The molecule has 0 atom stereocenters. The van der Waals surface area contributed by atoms with Crippen molar-refractivity contribution in [2.45, 2.75) is 13.5 Å². The summed E-state index contributed by atoms with van der Waals surface area (Å²) >= 11 is 6.10. The molecule has 0 spiro atoms. The average Bonchev–Trinajstić information content (AvgIpc) is 2.46. The molecule has 0 aliphatic rings. The first-order chi connectivity index (χ1) is 10.0. The van der Waals surface area contributed by atoms with Gasteiger partial charge in [-0.1, -0.05) is 17.7 Å². The van der Waals surface area contributed by atoms with Crippen molar-refractivity contribution in [3.63, 3.8) is 0 Å². The Kier molecular flexibility index (Phi) is 4.65. The molecule has 2 aromatic carbocycles. The summed E-state index contributed by atoms with van der Waals surface area (Å²) in [5.41, 5.74) is 2.55. The van der Waals surface area contributed by atoms with Crippen molar-refractivity contribution in [2.24, 2.45) is 0 Å². The predicted molar refractivity (Wildman–Crippen MR) is 83.2 cm³/mol. The molecule has 0 bridgehead atoms. The molecule has 110 valence electrons. The first kappa shape index (κ1) is 15.1. The second-order valence-corrected chi connectivity index (χ2v) is 4.98. The van der Waals surface area contributed by atoms with Gasteiger partial charge in [0.15, 0.2) is 0 Å². The number of benzene rings is 2. The summed E-state index contributed by atoms with van der Waals surface area (Å²) in [6, 6.07) is 10.1. The Hall–Kier alpha value is -2.27. The minimum Gasteiger partial charge on any atom is -0.487 e. The minimum absolute atomic E-state index is 0.0302. The van der Waals surface area contributed by atoms with Crippen molar-refractivity contribution in [1.82, 2.24) is 0 Å². The summed E-state index contributed by atoms with van der Waals surface area (Å²) in [5, 5.41) is 14.3. The summed E-state index contributed by atoms with van der Waals surface area (Å²) in [6.07, 6.45) is 0. The molecule has 1 N–H and O–H groups in total. The van der Waals surface area contributed by atoms with Crippen LogP contribution in [0, 0.1) is 17.0 Å². The van der Waals surface area contributed by atoms with Crippen LogP contribution in [-0.2, 0) is 6.61 Å². The maximum atomic E-state index is 10.8. The van der Waals surface area contributed by atoms with Crippen LogP contribution < -0.4 is 10.1 Å². The van der Waals surface area contributed by atoms with Gasteiger partial charge in [0, 0.05) is 30.4 Å². The number of non-ortho nitro benzene ring substituents is 1. The third-order valence-corrected chi connectivity index (χ3v) is 3.33. The number of nitrogens with zero attached hydrogens (tertiary/aromatic N) is 1. The van der Waals surface area contributed by atoms with Gasteiger partial charge in [-0.25, -0.2) is 0 Å². The molecule has 2 rings (SSSR count). The van der Waals surface area contributed by atoms with Crippen LogP contribution in [0.3, 0.4) is 0 Å². The van der Waals surface area contributed by atoms with Gasteiger partial charge in [0.05, 0.1) is 9.95 Å². The lowest BCUT2D eigenvalue weighted by Crippen LogP contribution is -2.02. The van der Waals surface area contributed by atoms with E-state index in [0.29, 0.717) is 16.3 Å². The molecule has 0 amide bonds. The lowest BCUT2D eigenvalue weighted by Gasteiger charge is -2.12. The Balaban J connectivity index is 2.22. The number of hydrogen-bond donors (Lipinski definition) is 1. The first-order valence-corrected chi connectivity index (χ1v) is 6.73.